The molecule has 7 atom stereocenters. The SMILES string of the molecule is CN1C(=O)C=C[C@@]2(C)C1CC[C@@H]1[C@H]2CC[C@]2(C)C(NC(=O)CCc3ccccc3F)CC[C@@H]12. The van der Waals surface area contributed by atoms with E-state index in [1.54, 1.807) is 18.2 Å². The second-order valence-corrected chi connectivity index (χ2v) is 11.5. The second kappa shape index (κ2) is 8.25. The summed E-state index contributed by atoms with van der Waals surface area (Å²) >= 11 is 0. The van der Waals surface area contributed by atoms with Crippen LogP contribution in [0.1, 0.15) is 64.4 Å². The molecule has 4 nitrogen and oxygen atoms in total. The molecule has 0 aromatic heterocycles. The van der Waals surface area contributed by atoms with Crippen LogP contribution in [-0.2, 0) is 16.0 Å². The summed E-state index contributed by atoms with van der Waals surface area (Å²) in [6.07, 6.45) is 11.5. The Hall–Kier alpha value is -2.17. The summed E-state index contributed by atoms with van der Waals surface area (Å²) in [4.78, 5) is 27.0. The summed E-state index contributed by atoms with van der Waals surface area (Å²) in [5.74, 6) is 1.80. The first-order valence-corrected chi connectivity index (χ1v) is 12.7. The van der Waals surface area contributed by atoms with Gasteiger partial charge in [-0.15, -0.1) is 0 Å². The second-order valence-electron chi connectivity index (χ2n) is 11.5. The molecule has 0 radical (unpaired) electrons. The molecule has 3 aliphatic carbocycles. The fourth-order valence-corrected chi connectivity index (χ4v) is 8.19. The molecule has 3 fully saturated rings. The largest absolute Gasteiger partial charge is 0.353 e. The molecule has 0 saturated heterocycles. The van der Waals surface area contributed by atoms with Crippen LogP contribution in [0.4, 0.5) is 4.39 Å². The van der Waals surface area contributed by atoms with E-state index in [0.29, 0.717) is 42.2 Å². The molecule has 2 unspecified atom stereocenters. The third-order valence-corrected chi connectivity index (χ3v) is 10.0. The van der Waals surface area contributed by atoms with E-state index in [-0.39, 0.29) is 34.5 Å². The number of amides is 2. The fourth-order valence-electron chi connectivity index (χ4n) is 8.19. The number of likely N-dealkylation sites (N-methyl/N-ethyl adjacent to an activating group) is 1. The van der Waals surface area contributed by atoms with Gasteiger partial charge in [0.1, 0.15) is 5.82 Å². The van der Waals surface area contributed by atoms with Crippen LogP contribution in [0.15, 0.2) is 36.4 Å². The highest BCUT2D eigenvalue weighted by molar-refractivity contribution is 5.89. The molecule has 2 amide bonds. The number of nitrogens with zero attached hydrogens (tertiary/aromatic N) is 1. The van der Waals surface area contributed by atoms with Gasteiger partial charge in [-0.3, -0.25) is 9.59 Å². The van der Waals surface area contributed by atoms with Crippen molar-refractivity contribution in [2.24, 2.45) is 28.6 Å². The molecule has 1 aromatic carbocycles. The highest BCUT2D eigenvalue weighted by Crippen LogP contribution is 2.63. The molecule has 0 bridgehead atoms. The summed E-state index contributed by atoms with van der Waals surface area (Å²) in [5.41, 5.74) is 0.782. The Morgan fingerprint density at radius 1 is 1.12 bits per heavy atom. The van der Waals surface area contributed by atoms with Crippen LogP contribution in [0.5, 0.6) is 0 Å². The van der Waals surface area contributed by atoms with Gasteiger partial charge in [0.25, 0.3) is 0 Å². The highest BCUT2D eigenvalue weighted by Gasteiger charge is 2.60. The minimum atomic E-state index is -0.232. The van der Waals surface area contributed by atoms with Crippen LogP contribution >= 0.6 is 0 Å². The van der Waals surface area contributed by atoms with E-state index < -0.39 is 0 Å². The Labute approximate surface area is 197 Å². The van der Waals surface area contributed by atoms with E-state index >= 15 is 0 Å². The summed E-state index contributed by atoms with van der Waals surface area (Å²) in [7, 11) is 1.96. The number of hydrogen-bond acceptors (Lipinski definition) is 2. The van der Waals surface area contributed by atoms with Gasteiger partial charge in [0.2, 0.25) is 11.8 Å². The number of aryl methyl sites for hydroxylation is 1. The van der Waals surface area contributed by atoms with Crippen molar-refractivity contribution in [3.8, 4) is 0 Å². The molecular formula is C28H37FN2O2. The maximum absolute atomic E-state index is 13.9. The van der Waals surface area contributed by atoms with Crippen LogP contribution < -0.4 is 5.32 Å². The lowest BCUT2D eigenvalue weighted by Crippen LogP contribution is -2.60. The van der Waals surface area contributed by atoms with Gasteiger partial charge < -0.3 is 10.2 Å². The highest BCUT2D eigenvalue weighted by atomic mass is 19.1. The number of hydrogen-bond donors (Lipinski definition) is 1. The standard InChI is InChI=1S/C28H37FN2O2/c1-27-16-14-21-19(9-12-24-28(21,2)17-15-26(33)31(24)3)20(27)10-11-23(27)30-25(32)13-8-18-6-4-5-7-22(18)29/h4-7,15,17,19-21,23-24H,8-14,16H2,1-3H3,(H,30,32)/t19-,20-,21+,23?,24?,27-,28+/m0/s1. The zero-order valence-electron chi connectivity index (χ0n) is 20.1. The minimum absolute atomic E-state index is 0.0401. The predicted molar refractivity (Wildman–Crippen MR) is 127 cm³/mol. The van der Waals surface area contributed by atoms with Gasteiger partial charge in [0, 0.05) is 31.0 Å². The van der Waals surface area contributed by atoms with Gasteiger partial charge in [-0.2, -0.15) is 0 Å². The van der Waals surface area contributed by atoms with E-state index in [1.165, 1.54) is 12.5 Å². The van der Waals surface area contributed by atoms with E-state index in [9.17, 15) is 14.0 Å². The quantitative estimate of drug-likeness (QED) is 0.708. The maximum Gasteiger partial charge on any atom is 0.246 e. The van der Waals surface area contributed by atoms with Crippen molar-refractivity contribution < 1.29 is 14.0 Å². The molecule has 5 heteroatoms. The lowest BCUT2D eigenvalue weighted by atomic mass is 9.48. The molecule has 178 valence electrons. The minimum Gasteiger partial charge on any atom is -0.353 e. The average molecular weight is 453 g/mol. The van der Waals surface area contributed by atoms with Crippen LogP contribution in [0.25, 0.3) is 0 Å². The lowest BCUT2D eigenvalue weighted by molar-refractivity contribution is -0.138. The molecule has 1 aliphatic heterocycles. The van der Waals surface area contributed by atoms with Crippen molar-refractivity contribution in [3.05, 3.63) is 47.8 Å². The van der Waals surface area contributed by atoms with Crippen molar-refractivity contribution in [2.45, 2.75) is 77.3 Å². The Bertz CT molecular complexity index is 976. The smallest absolute Gasteiger partial charge is 0.246 e. The van der Waals surface area contributed by atoms with Crippen molar-refractivity contribution >= 4 is 11.8 Å². The Balaban J connectivity index is 1.27. The van der Waals surface area contributed by atoms with Crippen molar-refractivity contribution in [2.75, 3.05) is 7.05 Å². The fraction of sp³-hybridized carbons (Fsp3) is 0.643. The van der Waals surface area contributed by atoms with Gasteiger partial charge in [0.05, 0.1) is 0 Å². The Kier molecular flexibility index (Phi) is 5.65. The average Bonchev–Trinajstić information content (AvgIpc) is 3.12. The van der Waals surface area contributed by atoms with E-state index in [1.807, 2.05) is 18.0 Å². The number of halogens is 1. The van der Waals surface area contributed by atoms with Gasteiger partial charge >= 0.3 is 0 Å². The molecule has 4 aliphatic rings. The van der Waals surface area contributed by atoms with Crippen LogP contribution in [-0.4, -0.2) is 35.8 Å². The van der Waals surface area contributed by atoms with E-state index in [0.717, 1.165) is 32.1 Å². The van der Waals surface area contributed by atoms with Crippen LogP contribution in [0, 0.1) is 34.4 Å². The molecule has 1 aromatic rings. The normalized spacial score (nSPS) is 39.6. The Morgan fingerprint density at radius 2 is 1.91 bits per heavy atom. The van der Waals surface area contributed by atoms with Crippen LogP contribution in [0.2, 0.25) is 0 Å². The summed E-state index contributed by atoms with van der Waals surface area (Å²) in [6, 6.07) is 7.23. The molecule has 1 heterocycles. The van der Waals surface area contributed by atoms with Crippen molar-refractivity contribution in [1.29, 1.82) is 0 Å². The third kappa shape index (κ3) is 3.63. The Morgan fingerprint density at radius 3 is 2.70 bits per heavy atom. The van der Waals surface area contributed by atoms with Gasteiger partial charge in [-0.1, -0.05) is 38.1 Å². The zero-order chi connectivity index (χ0) is 23.4. The van der Waals surface area contributed by atoms with Gasteiger partial charge in [0.15, 0.2) is 0 Å². The first-order valence-electron chi connectivity index (χ1n) is 12.7. The van der Waals surface area contributed by atoms with E-state index in [4.69, 9.17) is 0 Å². The van der Waals surface area contributed by atoms with Crippen molar-refractivity contribution in [3.63, 3.8) is 0 Å². The first-order chi connectivity index (χ1) is 15.7. The molecule has 3 saturated carbocycles. The number of rotatable bonds is 4. The third-order valence-electron chi connectivity index (χ3n) is 10.0. The topological polar surface area (TPSA) is 49.4 Å². The van der Waals surface area contributed by atoms with Crippen LogP contribution in [0.3, 0.4) is 0 Å². The molecule has 1 N–H and O–H groups in total. The first kappa shape index (κ1) is 22.6. The van der Waals surface area contributed by atoms with Gasteiger partial charge in [-0.25, -0.2) is 4.39 Å². The maximum atomic E-state index is 13.9. The lowest BCUT2D eigenvalue weighted by Gasteiger charge is -2.60. The monoisotopic (exact) mass is 452 g/mol. The summed E-state index contributed by atoms with van der Waals surface area (Å²) < 4.78 is 13.9. The summed E-state index contributed by atoms with van der Waals surface area (Å²) in [5, 5.41) is 3.35. The number of carbonyl (C=O) groups is 2. The number of fused-ring (bicyclic) bond motifs is 5. The molecule has 0 spiro atoms. The zero-order valence-corrected chi connectivity index (χ0v) is 20.1. The van der Waals surface area contributed by atoms with Gasteiger partial charge in [-0.05, 0) is 85.8 Å². The summed E-state index contributed by atoms with van der Waals surface area (Å²) in [6.45, 7) is 4.76. The molecule has 33 heavy (non-hydrogen) atoms. The number of benzene rings is 1. The molecule has 5 rings (SSSR count). The predicted octanol–water partition coefficient (Wildman–Crippen LogP) is 4.88. The number of nitrogens with one attached hydrogen (secondary N) is 1. The molecular weight excluding hydrogens is 415 g/mol. The van der Waals surface area contributed by atoms with E-state index in [2.05, 4.69) is 25.2 Å². The number of carbonyl (C=O) groups excluding carboxylic acids is 2. The van der Waals surface area contributed by atoms with Crippen molar-refractivity contribution in [1.82, 2.24) is 10.2 Å².